The van der Waals surface area contributed by atoms with Gasteiger partial charge in [0.25, 0.3) is 0 Å². The van der Waals surface area contributed by atoms with Crippen LogP contribution in [-0.4, -0.2) is 23.0 Å². The lowest BCUT2D eigenvalue weighted by Gasteiger charge is -2.02. The summed E-state index contributed by atoms with van der Waals surface area (Å²) >= 11 is 0. The number of anilines is 1. The Balaban J connectivity index is 2.86. The molecular weight excluding hydrogens is 244 g/mol. The van der Waals surface area contributed by atoms with Crippen molar-refractivity contribution in [2.24, 2.45) is 4.99 Å². The number of nitrogens with zero attached hydrogens (tertiary/aromatic N) is 1. The van der Waals surface area contributed by atoms with Gasteiger partial charge in [0, 0.05) is 18.8 Å². The third kappa shape index (κ3) is 4.75. The number of hydrogen-bond acceptors (Lipinski definition) is 4. The molecule has 5 heteroatoms. The lowest BCUT2D eigenvalue weighted by molar-refractivity contribution is -0.114. The van der Waals surface area contributed by atoms with Gasteiger partial charge >= 0.3 is 0 Å². The molecular formula is C14H16N2O3. The molecule has 19 heavy (non-hydrogen) atoms. The highest BCUT2D eigenvalue weighted by atomic mass is 16.3. The van der Waals surface area contributed by atoms with Crippen LogP contribution < -0.4 is 5.32 Å². The topological polar surface area (TPSA) is 78.8 Å². The molecule has 5 nitrogen and oxygen atoms in total. The van der Waals surface area contributed by atoms with Crippen molar-refractivity contribution in [3.8, 4) is 0 Å². The number of carbonyl (C=O) groups excluding carboxylic acids is 2. The summed E-state index contributed by atoms with van der Waals surface area (Å²) in [5, 5.41) is 12.0. The third-order valence-electron chi connectivity index (χ3n) is 2.30. The molecule has 0 atom stereocenters. The van der Waals surface area contributed by atoms with Crippen LogP contribution in [0.5, 0.6) is 0 Å². The van der Waals surface area contributed by atoms with Gasteiger partial charge in [0.15, 0.2) is 5.78 Å². The zero-order valence-corrected chi connectivity index (χ0v) is 11.1. The Hall–Kier alpha value is -2.43. The van der Waals surface area contributed by atoms with E-state index in [0.29, 0.717) is 11.4 Å². The van der Waals surface area contributed by atoms with Crippen molar-refractivity contribution in [2.75, 3.05) is 5.32 Å². The minimum atomic E-state index is -0.251. The van der Waals surface area contributed by atoms with Crippen LogP contribution in [0.4, 0.5) is 11.4 Å². The maximum Gasteiger partial charge on any atom is 0.221 e. The second-order valence-electron chi connectivity index (χ2n) is 4.04. The molecule has 0 aliphatic heterocycles. The first-order chi connectivity index (χ1) is 8.90. The largest absolute Gasteiger partial charge is 0.512 e. The van der Waals surface area contributed by atoms with E-state index < -0.39 is 0 Å². The first-order valence-corrected chi connectivity index (χ1v) is 5.72. The predicted molar refractivity (Wildman–Crippen MR) is 74.9 cm³/mol. The van der Waals surface area contributed by atoms with Crippen LogP contribution in [0.25, 0.3) is 0 Å². The minimum Gasteiger partial charge on any atom is -0.512 e. The number of ketones is 1. The van der Waals surface area contributed by atoms with Gasteiger partial charge in [0.1, 0.15) is 5.76 Å². The molecule has 100 valence electrons. The molecule has 0 aliphatic carbocycles. The van der Waals surface area contributed by atoms with Crippen LogP contribution in [0.1, 0.15) is 20.8 Å². The van der Waals surface area contributed by atoms with E-state index in [4.69, 9.17) is 0 Å². The van der Waals surface area contributed by atoms with E-state index in [2.05, 4.69) is 10.3 Å². The van der Waals surface area contributed by atoms with Crippen LogP contribution in [0.2, 0.25) is 0 Å². The summed E-state index contributed by atoms with van der Waals surface area (Å²) in [6.45, 7) is 4.23. The van der Waals surface area contributed by atoms with Crippen LogP contribution in [0, 0.1) is 0 Å². The predicted octanol–water partition coefficient (Wildman–Crippen LogP) is 2.77. The molecule has 0 fully saturated rings. The monoisotopic (exact) mass is 260 g/mol. The van der Waals surface area contributed by atoms with Gasteiger partial charge in [-0.15, -0.1) is 0 Å². The van der Waals surface area contributed by atoms with E-state index >= 15 is 0 Å². The number of aliphatic hydroxyl groups excluding tert-OH is 1. The fourth-order valence-corrected chi connectivity index (χ4v) is 1.41. The SMILES string of the molecule is CC(=O)Nc1ccc(N=C/C(C(C)=O)=C(/C)O)cc1. The smallest absolute Gasteiger partial charge is 0.221 e. The van der Waals surface area contributed by atoms with Crippen molar-refractivity contribution in [2.45, 2.75) is 20.8 Å². The van der Waals surface area contributed by atoms with Crippen molar-refractivity contribution < 1.29 is 14.7 Å². The number of carbonyl (C=O) groups is 2. The maximum absolute atomic E-state index is 11.2. The molecule has 0 saturated heterocycles. The number of aliphatic imine (C=N–C) groups is 1. The normalized spacial score (nSPS) is 12.2. The number of amides is 1. The molecule has 0 bridgehead atoms. The van der Waals surface area contributed by atoms with E-state index in [-0.39, 0.29) is 23.0 Å². The number of rotatable bonds is 4. The summed E-state index contributed by atoms with van der Waals surface area (Å²) in [5.41, 5.74) is 1.46. The highest BCUT2D eigenvalue weighted by molar-refractivity contribution is 6.12. The fraction of sp³-hybridized carbons (Fsp3) is 0.214. The first-order valence-electron chi connectivity index (χ1n) is 5.72. The van der Waals surface area contributed by atoms with E-state index in [1.54, 1.807) is 24.3 Å². The molecule has 0 saturated carbocycles. The van der Waals surface area contributed by atoms with Gasteiger partial charge in [-0.3, -0.25) is 14.6 Å². The Morgan fingerprint density at radius 2 is 1.74 bits per heavy atom. The molecule has 0 radical (unpaired) electrons. The standard InChI is InChI=1S/C14H16N2O3/c1-9(17)14(10(2)18)8-15-12-4-6-13(7-5-12)16-11(3)19/h4-8,17H,1-3H3,(H,16,19)/b14-9+,15-8?. The molecule has 0 aliphatic rings. The second kappa shape index (κ2) is 6.49. The van der Waals surface area contributed by atoms with E-state index in [1.165, 1.54) is 27.0 Å². The van der Waals surface area contributed by atoms with E-state index in [9.17, 15) is 14.7 Å². The summed E-state index contributed by atoms with van der Waals surface area (Å²) in [7, 11) is 0. The Bertz CT molecular complexity index is 538. The van der Waals surface area contributed by atoms with Crippen molar-refractivity contribution >= 4 is 29.3 Å². The van der Waals surface area contributed by atoms with Crippen molar-refractivity contribution in [1.29, 1.82) is 0 Å². The number of Topliss-reactive ketones (excluding diaryl/α,β-unsaturated/α-hetero) is 1. The number of allylic oxidation sites excluding steroid dienone is 2. The quantitative estimate of drug-likeness (QED) is 0.496. The zero-order valence-electron chi connectivity index (χ0n) is 11.1. The molecule has 0 aromatic heterocycles. The lowest BCUT2D eigenvalue weighted by Crippen LogP contribution is -2.05. The molecule has 1 aromatic carbocycles. The summed E-state index contributed by atoms with van der Waals surface area (Å²) < 4.78 is 0. The Morgan fingerprint density at radius 3 is 2.16 bits per heavy atom. The molecule has 1 rings (SSSR count). The van der Waals surface area contributed by atoms with Crippen molar-refractivity contribution in [1.82, 2.24) is 0 Å². The molecule has 1 amide bonds. The number of benzene rings is 1. The second-order valence-corrected chi connectivity index (χ2v) is 4.04. The Labute approximate surface area is 111 Å². The Kier molecular flexibility index (Phi) is 5.00. The average Bonchev–Trinajstić information content (AvgIpc) is 2.29. The van der Waals surface area contributed by atoms with Crippen LogP contribution >= 0.6 is 0 Å². The molecule has 0 heterocycles. The van der Waals surface area contributed by atoms with Gasteiger partial charge in [-0.05, 0) is 38.1 Å². The molecule has 0 spiro atoms. The van der Waals surface area contributed by atoms with Gasteiger partial charge in [-0.25, -0.2) is 0 Å². The van der Waals surface area contributed by atoms with Gasteiger partial charge in [0.2, 0.25) is 5.91 Å². The zero-order chi connectivity index (χ0) is 14.4. The van der Waals surface area contributed by atoms with Crippen molar-refractivity contribution in [3.63, 3.8) is 0 Å². The highest BCUT2D eigenvalue weighted by Crippen LogP contribution is 2.16. The van der Waals surface area contributed by atoms with Gasteiger partial charge in [-0.1, -0.05) is 0 Å². The highest BCUT2D eigenvalue weighted by Gasteiger charge is 2.04. The van der Waals surface area contributed by atoms with Gasteiger partial charge in [0.05, 0.1) is 11.3 Å². The third-order valence-corrected chi connectivity index (χ3v) is 2.30. The van der Waals surface area contributed by atoms with Crippen LogP contribution in [-0.2, 0) is 9.59 Å². The van der Waals surface area contributed by atoms with E-state index in [1.807, 2.05) is 0 Å². The average molecular weight is 260 g/mol. The van der Waals surface area contributed by atoms with Gasteiger partial charge < -0.3 is 10.4 Å². The van der Waals surface area contributed by atoms with E-state index in [0.717, 1.165) is 0 Å². The summed E-state index contributed by atoms with van der Waals surface area (Å²) in [6, 6.07) is 6.81. The summed E-state index contributed by atoms with van der Waals surface area (Å²) in [6.07, 6.45) is 1.32. The fourth-order valence-electron chi connectivity index (χ4n) is 1.41. The molecule has 0 unspecified atom stereocenters. The minimum absolute atomic E-state index is 0.0638. The lowest BCUT2D eigenvalue weighted by atomic mass is 10.2. The van der Waals surface area contributed by atoms with Crippen molar-refractivity contribution in [3.05, 3.63) is 35.6 Å². The van der Waals surface area contributed by atoms with Gasteiger partial charge in [-0.2, -0.15) is 0 Å². The maximum atomic E-state index is 11.2. The van der Waals surface area contributed by atoms with Crippen LogP contribution in [0.3, 0.4) is 0 Å². The molecule has 1 aromatic rings. The number of nitrogens with one attached hydrogen (secondary N) is 1. The number of aliphatic hydroxyl groups is 1. The summed E-state index contributed by atoms with van der Waals surface area (Å²) in [5.74, 6) is -0.460. The first kappa shape index (κ1) is 14.6. The van der Waals surface area contributed by atoms with Crippen LogP contribution in [0.15, 0.2) is 40.6 Å². The summed E-state index contributed by atoms with van der Waals surface area (Å²) in [4.78, 5) is 26.2. The number of hydrogen-bond donors (Lipinski definition) is 2. The molecule has 2 N–H and O–H groups in total. The Morgan fingerprint density at radius 1 is 1.16 bits per heavy atom.